The molecule has 8 heteroatoms. The van der Waals surface area contributed by atoms with E-state index in [2.05, 4.69) is 22.3 Å². The van der Waals surface area contributed by atoms with E-state index >= 15 is 0 Å². The summed E-state index contributed by atoms with van der Waals surface area (Å²) >= 11 is 0. The van der Waals surface area contributed by atoms with E-state index in [4.69, 9.17) is 0 Å². The molecule has 0 radical (unpaired) electrons. The van der Waals surface area contributed by atoms with Crippen molar-refractivity contribution < 1.29 is 14.8 Å². The SMILES string of the molecule is O=C(Cn1ccc2cc([N+](=O)[O-])ccc21)NCc1ccc(CN2CCC(O)CC2)cc1. The fourth-order valence-corrected chi connectivity index (χ4v) is 3.95. The number of hydrogen-bond donors (Lipinski definition) is 2. The number of rotatable bonds is 7. The molecular weight excluding hydrogens is 396 g/mol. The molecule has 31 heavy (non-hydrogen) atoms. The zero-order valence-electron chi connectivity index (χ0n) is 17.2. The molecular formula is C23H26N4O4. The molecule has 0 bridgehead atoms. The third kappa shape index (κ3) is 5.28. The molecule has 1 saturated heterocycles. The number of nitrogens with zero attached hydrogens (tertiary/aromatic N) is 3. The molecule has 3 aromatic rings. The molecule has 1 amide bonds. The van der Waals surface area contributed by atoms with Gasteiger partial charge in [-0.1, -0.05) is 24.3 Å². The lowest BCUT2D eigenvalue weighted by Gasteiger charge is -2.29. The van der Waals surface area contributed by atoms with E-state index in [9.17, 15) is 20.0 Å². The summed E-state index contributed by atoms with van der Waals surface area (Å²) < 4.78 is 1.78. The van der Waals surface area contributed by atoms with Crippen molar-refractivity contribution in [3.8, 4) is 0 Å². The summed E-state index contributed by atoms with van der Waals surface area (Å²) in [6, 6.07) is 14.6. The summed E-state index contributed by atoms with van der Waals surface area (Å²) in [4.78, 5) is 25.2. The average molecular weight is 422 g/mol. The molecule has 1 aliphatic rings. The third-order valence-corrected chi connectivity index (χ3v) is 5.76. The van der Waals surface area contributed by atoms with Gasteiger partial charge < -0.3 is 15.0 Å². The van der Waals surface area contributed by atoms with Crippen molar-refractivity contribution in [2.24, 2.45) is 0 Å². The molecule has 0 aliphatic carbocycles. The first-order valence-electron chi connectivity index (χ1n) is 10.5. The average Bonchev–Trinajstić information content (AvgIpc) is 3.17. The van der Waals surface area contributed by atoms with Gasteiger partial charge in [-0.15, -0.1) is 0 Å². The quantitative estimate of drug-likeness (QED) is 0.450. The van der Waals surface area contributed by atoms with Crippen molar-refractivity contribution in [3.63, 3.8) is 0 Å². The fraction of sp³-hybridized carbons (Fsp3) is 0.348. The van der Waals surface area contributed by atoms with Crippen LogP contribution in [0.15, 0.2) is 54.7 Å². The highest BCUT2D eigenvalue weighted by molar-refractivity contribution is 5.85. The zero-order chi connectivity index (χ0) is 21.8. The lowest BCUT2D eigenvalue weighted by molar-refractivity contribution is -0.384. The van der Waals surface area contributed by atoms with Crippen LogP contribution in [0.25, 0.3) is 10.9 Å². The van der Waals surface area contributed by atoms with E-state index in [-0.39, 0.29) is 24.2 Å². The van der Waals surface area contributed by atoms with Crippen LogP contribution in [-0.2, 0) is 24.4 Å². The van der Waals surface area contributed by atoms with Gasteiger partial charge in [-0.05, 0) is 36.1 Å². The maximum absolute atomic E-state index is 12.4. The first-order chi connectivity index (χ1) is 15.0. The highest BCUT2D eigenvalue weighted by Gasteiger charge is 2.16. The van der Waals surface area contributed by atoms with Gasteiger partial charge in [0.05, 0.1) is 11.0 Å². The second-order valence-corrected chi connectivity index (χ2v) is 8.04. The van der Waals surface area contributed by atoms with Crippen LogP contribution >= 0.6 is 0 Å². The number of likely N-dealkylation sites (tertiary alicyclic amines) is 1. The Bertz CT molecular complexity index is 1070. The van der Waals surface area contributed by atoms with Crippen LogP contribution in [0.3, 0.4) is 0 Å². The van der Waals surface area contributed by atoms with Crippen molar-refractivity contribution in [1.82, 2.24) is 14.8 Å². The largest absolute Gasteiger partial charge is 0.393 e. The number of nitro groups is 1. The summed E-state index contributed by atoms with van der Waals surface area (Å²) in [6.07, 6.45) is 3.27. The van der Waals surface area contributed by atoms with Crippen molar-refractivity contribution in [2.45, 2.75) is 38.6 Å². The van der Waals surface area contributed by atoms with Crippen molar-refractivity contribution in [3.05, 3.63) is 76.0 Å². The van der Waals surface area contributed by atoms with Gasteiger partial charge >= 0.3 is 0 Å². The Morgan fingerprint density at radius 3 is 2.52 bits per heavy atom. The Hall–Kier alpha value is -3.23. The topological polar surface area (TPSA) is 101 Å². The van der Waals surface area contributed by atoms with E-state index in [0.29, 0.717) is 6.54 Å². The molecule has 1 aliphatic heterocycles. The Balaban J connectivity index is 1.29. The van der Waals surface area contributed by atoms with E-state index in [1.165, 1.54) is 17.7 Å². The molecule has 162 valence electrons. The third-order valence-electron chi connectivity index (χ3n) is 5.76. The van der Waals surface area contributed by atoms with Gasteiger partial charge in [0.1, 0.15) is 6.54 Å². The minimum absolute atomic E-state index is 0.0380. The summed E-state index contributed by atoms with van der Waals surface area (Å²) in [7, 11) is 0. The first-order valence-corrected chi connectivity index (χ1v) is 10.5. The minimum Gasteiger partial charge on any atom is -0.393 e. The second kappa shape index (κ2) is 9.28. The van der Waals surface area contributed by atoms with E-state index < -0.39 is 4.92 Å². The number of aliphatic hydroxyl groups is 1. The van der Waals surface area contributed by atoms with Crippen LogP contribution in [0.2, 0.25) is 0 Å². The summed E-state index contributed by atoms with van der Waals surface area (Å²) in [5.74, 6) is -0.119. The van der Waals surface area contributed by atoms with Crippen LogP contribution in [-0.4, -0.2) is 44.6 Å². The summed E-state index contributed by atoms with van der Waals surface area (Å²) in [6.45, 7) is 3.30. The number of non-ortho nitro benzene ring substituents is 1. The number of hydrogen-bond acceptors (Lipinski definition) is 5. The van der Waals surface area contributed by atoms with Crippen molar-refractivity contribution >= 4 is 22.5 Å². The number of piperidine rings is 1. The lowest BCUT2D eigenvalue weighted by Crippen LogP contribution is -2.35. The monoisotopic (exact) mass is 422 g/mol. The molecule has 2 N–H and O–H groups in total. The number of nitrogens with one attached hydrogen (secondary N) is 1. The molecule has 0 saturated carbocycles. The number of aliphatic hydroxyl groups excluding tert-OH is 1. The lowest BCUT2D eigenvalue weighted by atomic mass is 10.1. The van der Waals surface area contributed by atoms with E-state index in [1.807, 2.05) is 12.1 Å². The van der Waals surface area contributed by atoms with Crippen LogP contribution in [0.1, 0.15) is 24.0 Å². The number of amides is 1. The Kier molecular flexibility index (Phi) is 6.29. The van der Waals surface area contributed by atoms with Crippen LogP contribution < -0.4 is 5.32 Å². The maximum Gasteiger partial charge on any atom is 0.270 e. The standard InChI is InChI=1S/C23H26N4O4/c28-21-8-10-25(11-9-21)15-18-3-1-17(2-4-18)14-24-23(29)16-26-12-7-19-13-20(27(30)31)5-6-22(19)26/h1-7,12-13,21,28H,8-11,14-16H2,(H,24,29). The molecule has 0 spiro atoms. The van der Waals surface area contributed by atoms with Gasteiger partial charge in [0, 0.05) is 55.4 Å². The Morgan fingerprint density at radius 1 is 1.10 bits per heavy atom. The number of aromatic nitrogens is 1. The normalized spacial score (nSPS) is 15.3. The zero-order valence-corrected chi connectivity index (χ0v) is 17.2. The van der Waals surface area contributed by atoms with Gasteiger partial charge in [0.2, 0.25) is 5.91 Å². The van der Waals surface area contributed by atoms with Crippen molar-refractivity contribution in [2.75, 3.05) is 13.1 Å². The van der Waals surface area contributed by atoms with E-state index in [1.54, 1.807) is 22.9 Å². The fourth-order valence-electron chi connectivity index (χ4n) is 3.95. The minimum atomic E-state index is -0.425. The predicted octanol–water partition coefficient (Wildman–Crippen LogP) is 2.82. The van der Waals surface area contributed by atoms with Gasteiger partial charge in [0.15, 0.2) is 0 Å². The Labute approximate surface area is 180 Å². The number of benzene rings is 2. The number of carbonyl (C=O) groups is 1. The van der Waals surface area contributed by atoms with Crippen LogP contribution in [0.5, 0.6) is 0 Å². The van der Waals surface area contributed by atoms with Crippen LogP contribution in [0, 0.1) is 10.1 Å². The molecule has 0 unspecified atom stereocenters. The smallest absolute Gasteiger partial charge is 0.270 e. The molecule has 2 aromatic carbocycles. The maximum atomic E-state index is 12.4. The van der Waals surface area contributed by atoms with Gasteiger partial charge in [-0.2, -0.15) is 0 Å². The Morgan fingerprint density at radius 2 is 1.81 bits per heavy atom. The number of carbonyl (C=O) groups excluding carboxylic acids is 1. The first kappa shape index (κ1) is 21.0. The highest BCUT2D eigenvalue weighted by atomic mass is 16.6. The number of fused-ring (bicyclic) bond motifs is 1. The second-order valence-electron chi connectivity index (χ2n) is 8.04. The summed E-state index contributed by atoms with van der Waals surface area (Å²) in [5, 5.41) is 24.2. The van der Waals surface area contributed by atoms with E-state index in [0.717, 1.165) is 48.9 Å². The van der Waals surface area contributed by atoms with Gasteiger partial charge in [-0.3, -0.25) is 19.8 Å². The molecule has 1 aromatic heterocycles. The molecule has 2 heterocycles. The molecule has 0 atom stereocenters. The highest BCUT2D eigenvalue weighted by Crippen LogP contribution is 2.22. The predicted molar refractivity (Wildman–Crippen MR) is 117 cm³/mol. The van der Waals surface area contributed by atoms with Gasteiger partial charge in [-0.25, -0.2) is 0 Å². The van der Waals surface area contributed by atoms with Crippen LogP contribution in [0.4, 0.5) is 5.69 Å². The molecule has 4 rings (SSSR count). The molecule has 1 fully saturated rings. The van der Waals surface area contributed by atoms with Gasteiger partial charge in [0.25, 0.3) is 5.69 Å². The number of nitro benzene ring substituents is 1. The summed E-state index contributed by atoms with van der Waals surface area (Å²) in [5.41, 5.74) is 3.07. The molecule has 8 nitrogen and oxygen atoms in total. The van der Waals surface area contributed by atoms with Crippen molar-refractivity contribution in [1.29, 1.82) is 0 Å².